The summed E-state index contributed by atoms with van der Waals surface area (Å²) in [6.07, 6.45) is 4.36. The molecule has 136 valence electrons. The first kappa shape index (κ1) is 21.7. The molecule has 0 spiro atoms. The lowest BCUT2D eigenvalue weighted by atomic mass is 10.3. The first-order chi connectivity index (χ1) is 10.1. The molecule has 0 bridgehead atoms. The maximum atomic E-state index is 11.5. The van der Waals surface area contributed by atoms with Gasteiger partial charge in [0.15, 0.2) is 0 Å². The number of sulfonamides is 2. The van der Waals surface area contributed by atoms with Crippen LogP contribution in [0.3, 0.4) is 0 Å². The number of hydrogen-bond acceptors (Lipinski definition) is 4. The zero-order valence-electron chi connectivity index (χ0n) is 11.4. The summed E-state index contributed by atoms with van der Waals surface area (Å²) in [6.45, 7) is 2.18. The number of rotatable bonds is 4. The van der Waals surface area contributed by atoms with Crippen molar-refractivity contribution in [3.05, 3.63) is 24.0 Å². The molecule has 0 fully saturated rings. The molecule has 23 heavy (non-hydrogen) atoms. The van der Waals surface area contributed by atoms with Crippen LogP contribution in [0, 0.1) is 0 Å². The molecule has 0 aliphatic carbocycles. The highest BCUT2D eigenvalue weighted by Gasteiger charge is 2.55. The number of alkyl halides is 6. The molecule has 0 atom stereocenters. The van der Waals surface area contributed by atoms with Gasteiger partial charge in [0.25, 0.3) is 0 Å². The van der Waals surface area contributed by atoms with Crippen molar-refractivity contribution in [2.45, 2.75) is 30.8 Å². The van der Waals surface area contributed by atoms with Gasteiger partial charge in [-0.2, -0.15) is 26.3 Å². The number of aromatic nitrogens is 1. The fraction of sp³-hybridized carbons (Fsp3) is 0.556. The topological polar surface area (TPSA) is 96.1 Å². The van der Waals surface area contributed by atoms with Crippen molar-refractivity contribution in [1.29, 1.82) is 0 Å². The summed E-state index contributed by atoms with van der Waals surface area (Å²) < 4.78 is 108. The molecular formula is C9H12F6N2O4S2. The Labute approximate surface area is 128 Å². The summed E-state index contributed by atoms with van der Waals surface area (Å²) in [6, 6.07) is 4.15. The van der Waals surface area contributed by atoms with Crippen LogP contribution in [0.15, 0.2) is 18.3 Å². The maximum Gasteiger partial charge on any atom is 0.512 e. The van der Waals surface area contributed by atoms with E-state index in [0.29, 0.717) is 0 Å². The van der Waals surface area contributed by atoms with Crippen molar-refractivity contribution in [2.75, 3.05) is 0 Å². The molecule has 14 heteroatoms. The molecule has 0 unspecified atom stereocenters. The molecule has 0 saturated heterocycles. The van der Waals surface area contributed by atoms with Gasteiger partial charge in [0.05, 0.1) is 0 Å². The van der Waals surface area contributed by atoms with Crippen LogP contribution >= 0.6 is 0 Å². The second-order valence-corrected chi connectivity index (χ2v) is 7.53. The molecule has 0 aromatic carbocycles. The monoisotopic (exact) mass is 390 g/mol. The number of H-pyrrole nitrogens is 1. The fourth-order valence-electron chi connectivity index (χ4n) is 1.03. The van der Waals surface area contributed by atoms with Gasteiger partial charge < -0.3 is 4.98 Å². The van der Waals surface area contributed by atoms with E-state index < -0.39 is 35.2 Å². The second-order valence-electron chi connectivity index (χ2n) is 3.93. The highest BCUT2D eigenvalue weighted by atomic mass is 32.3. The van der Waals surface area contributed by atoms with Gasteiger partial charge in [-0.3, -0.25) is 0 Å². The smallest absolute Gasteiger partial charge is 0.365 e. The Morgan fingerprint density at radius 1 is 1.00 bits per heavy atom. The SMILES string of the molecule is CCCc1ccc[nH]1.O=S(=O)(NS(=O)(=O)C(F)(F)F)C(F)(F)F. The summed E-state index contributed by atoms with van der Waals surface area (Å²) >= 11 is 0. The predicted molar refractivity (Wildman–Crippen MR) is 67.9 cm³/mol. The summed E-state index contributed by atoms with van der Waals surface area (Å²) in [4.78, 5) is 3.14. The van der Waals surface area contributed by atoms with Gasteiger partial charge in [-0.15, -0.1) is 0 Å². The van der Waals surface area contributed by atoms with Crippen LogP contribution in [0.1, 0.15) is 19.0 Å². The molecule has 1 aromatic heterocycles. The molecule has 0 aliphatic heterocycles. The summed E-state index contributed by atoms with van der Waals surface area (Å²) in [5, 5.41) is 0. The van der Waals surface area contributed by atoms with Gasteiger partial charge in [-0.25, -0.2) is 16.8 Å². The van der Waals surface area contributed by atoms with Crippen LogP contribution in [-0.4, -0.2) is 32.8 Å². The van der Waals surface area contributed by atoms with E-state index in [1.165, 1.54) is 18.5 Å². The average Bonchev–Trinajstić information content (AvgIpc) is 2.78. The van der Waals surface area contributed by atoms with Gasteiger partial charge in [0.1, 0.15) is 0 Å². The van der Waals surface area contributed by atoms with Crippen LogP contribution in [-0.2, 0) is 26.5 Å². The highest BCUT2D eigenvalue weighted by Crippen LogP contribution is 2.27. The molecule has 1 heterocycles. The van der Waals surface area contributed by atoms with Gasteiger partial charge in [-0.05, 0) is 18.6 Å². The van der Waals surface area contributed by atoms with Gasteiger partial charge in [-0.1, -0.05) is 17.5 Å². The van der Waals surface area contributed by atoms with E-state index in [1.807, 2.05) is 12.3 Å². The number of halogens is 6. The average molecular weight is 390 g/mol. The number of nitrogens with one attached hydrogen (secondary N) is 2. The number of aryl methyl sites for hydroxylation is 1. The van der Waals surface area contributed by atoms with E-state index in [2.05, 4.69) is 18.0 Å². The lowest BCUT2D eigenvalue weighted by molar-refractivity contribution is -0.0476. The lowest BCUT2D eigenvalue weighted by Gasteiger charge is -2.11. The van der Waals surface area contributed by atoms with Crippen LogP contribution < -0.4 is 4.13 Å². The highest BCUT2D eigenvalue weighted by molar-refractivity contribution is 8.05. The molecule has 2 N–H and O–H groups in total. The Balaban J connectivity index is 0.000000502. The largest absolute Gasteiger partial charge is 0.512 e. The second kappa shape index (κ2) is 7.53. The van der Waals surface area contributed by atoms with Crippen molar-refractivity contribution in [3.8, 4) is 0 Å². The summed E-state index contributed by atoms with van der Waals surface area (Å²) in [5.74, 6) is 0. The Morgan fingerprint density at radius 2 is 1.43 bits per heavy atom. The van der Waals surface area contributed by atoms with Gasteiger partial charge >= 0.3 is 31.1 Å². The van der Waals surface area contributed by atoms with Crippen molar-refractivity contribution < 1.29 is 43.2 Å². The molecule has 0 amide bonds. The molecule has 1 aromatic rings. The first-order valence-electron chi connectivity index (χ1n) is 5.67. The van der Waals surface area contributed by atoms with E-state index in [9.17, 15) is 43.2 Å². The third kappa shape index (κ3) is 6.78. The van der Waals surface area contributed by atoms with Crippen molar-refractivity contribution in [3.63, 3.8) is 0 Å². The molecule has 0 saturated carbocycles. The van der Waals surface area contributed by atoms with Crippen LogP contribution in [0.2, 0.25) is 0 Å². The summed E-state index contributed by atoms with van der Waals surface area (Å²) in [7, 11) is -13.2. The Kier molecular flexibility index (Phi) is 7.11. The Morgan fingerprint density at radius 3 is 1.70 bits per heavy atom. The molecule has 0 radical (unpaired) electrons. The standard InChI is InChI=1S/C7H11N.C2HF6NO4S2/c1-2-4-7-5-3-6-8-7;3-1(4,5)14(10,11)9-15(12,13)2(6,7)8/h3,5-6,8H,2,4H2,1H3;9H. The zero-order valence-corrected chi connectivity index (χ0v) is 13.0. The van der Waals surface area contributed by atoms with Crippen LogP contribution in [0.25, 0.3) is 0 Å². The van der Waals surface area contributed by atoms with Gasteiger partial charge in [0, 0.05) is 11.9 Å². The first-order valence-corrected chi connectivity index (χ1v) is 8.64. The minimum absolute atomic E-state index is 0.493. The normalized spacial score (nSPS) is 13.3. The van der Waals surface area contributed by atoms with Crippen LogP contribution in [0.4, 0.5) is 26.3 Å². The molecule has 6 nitrogen and oxygen atoms in total. The predicted octanol–water partition coefficient (Wildman–Crippen LogP) is 2.24. The molecular weight excluding hydrogens is 378 g/mol. The fourth-order valence-corrected chi connectivity index (χ4v) is 2.94. The summed E-state index contributed by atoms with van der Waals surface area (Å²) in [5.41, 5.74) is -11.0. The molecule has 1 rings (SSSR count). The van der Waals surface area contributed by atoms with E-state index in [-0.39, 0.29) is 0 Å². The minimum atomic E-state index is -6.60. The lowest BCUT2D eigenvalue weighted by Crippen LogP contribution is -2.45. The Hall–Kier alpha value is -1.28. The molecule has 0 aliphatic rings. The van der Waals surface area contributed by atoms with Crippen LogP contribution in [0.5, 0.6) is 0 Å². The third-order valence-corrected chi connectivity index (χ3v) is 4.98. The number of aromatic amines is 1. The number of hydrogen-bond donors (Lipinski definition) is 2. The third-order valence-electron chi connectivity index (χ3n) is 2.01. The quantitative estimate of drug-likeness (QED) is 0.771. The Bertz CT molecular complexity index is 635. The van der Waals surface area contributed by atoms with E-state index in [1.54, 1.807) is 0 Å². The maximum absolute atomic E-state index is 11.5. The zero-order chi connectivity index (χ0) is 18.5. The van der Waals surface area contributed by atoms with Crippen molar-refractivity contribution >= 4 is 20.0 Å². The van der Waals surface area contributed by atoms with E-state index >= 15 is 0 Å². The minimum Gasteiger partial charge on any atom is -0.365 e. The van der Waals surface area contributed by atoms with E-state index in [4.69, 9.17) is 0 Å². The van der Waals surface area contributed by atoms with Crippen molar-refractivity contribution in [1.82, 2.24) is 9.11 Å². The van der Waals surface area contributed by atoms with Gasteiger partial charge in [0.2, 0.25) is 0 Å². The van der Waals surface area contributed by atoms with Crippen molar-refractivity contribution in [2.24, 2.45) is 0 Å². The van der Waals surface area contributed by atoms with E-state index in [0.717, 1.165) is 0 Å².